The summed E-state index contributed by atoms with van der Waals surface area (Å²) in [5.74, 6) is -1.48. The number of aliphatic hydroxyl groups is 1. The van der Waals surface area contributed by atoms with Crippen LogP contribution in [0.1, 0.15) is 41.5 Å². The molecule has 196 valence electrons. The minimum absolute atomic E-state index is 0.0395. The largest absolute Gasteiger partial charge is 0.440 e. The number of carbonyl (C=O) groups excluding carboxylic acids is 3. The summed E-state index contributed by atoms with van der Waals surface area (Å²) in [5, 5.41) is 11.0. The van der Waals surface area contributed by atoms with Crippen molar-refractivity contribution in [2.75, 3.05) is 13.1 Å². The third-order valence-corrected chi connectivity index (χ3v) is 8.08. The van der Waals surface area contributed by atoms with E-state index >= 15 is 0 Å². The van der Waals surface area contributed by atoms with E-state index in [1.165, 1.54) is 0 Å². The standard InChI is InChI=1S/C31H32N2O5/c32-28(36)31(25-14-8-7-11-23(25)21-26(31)34)38-29(37)30(24-12-5-2-6-13-24)17-19-33(20-18-30)27(35)16-15-22-9-3-1-4-10-22/h1-14,26,34H,15-21H2,(H2,32,36). The Labute approximate surface area is 222 Å². The minimum Gasteiger partial charge on any atom is -0.440 e. The van der Waals surface area contributed by atoms with E-state index in [0.717, 1.165) is 16.7 Å². The smallest absolute Gasteiger partial charge is 0.318 e. The van der Waals surface area contributed by atoms with Crippen LogP contribution in [-0.4, -0.2) is 47.0 Å². The van der Waals surface area contributed by atoms with Gasteiger partial charge in [0.05, 0.1) is 5.41 Å². The highest BCUT2D eigenvalue weighted by molar-refractivity contribution is 5.93. The lowest BCUT2D eigenvalue weighted by atomic mass is 9.72. The number of fused-ring (bicyclic) bond motifs is 1. The second kappa shape index (κ2) is 10.4. The quantitative estimate of drug-likeness (QED) is 0.473. The number of benzene rings is 3. The summed E-state index contributed by atoms with van der Waals surface area (Å²) in [5.41, 5.74) is 5.76. The molecule has 5 rings (SSSR count). The lowest BCUT2D eigenvalue weighted by Crippen LogP contribution is -2.56. The Kier molecular flexibility index (Phi) is 7.04. The normalized spacial score (nSPS) is 21.9. The highest BCUT2D eigenvalue weighted by Crippen LogP contribution is 2.44. The Bertz CT molecular complexity index is 1320. The van der Waals surface area contributed by atoms with Gasteiger partial charge in [0.25, 0.3) is 5.91 Å². The molecule has 1 aliphatic heterocycles. The lowest BCUT2D eigenvalue weighted by molar-refractivity contribution is -0.187. The molecule has 3 aromatic carbocycles. The van der Waals surface area contributed by atoms with E-state index < -0.39 is 29.0 Å². The number of hydrogen-bond acceptors (Lipinski definition) is 5. The average Bonchev–Trinajstić information content (AvgIpc) is 3.24. The van der Waals surface area contributed by atoms with Gasteiger partial charge in [0.2, 0.25) is 11.5 Å². The molecule has 1 heterocycles. The van der Waals surface area contributed by atoms with Crippen LogP contribution < -0.4 is 5.73 Å². The van der Waals surface area contributed by atoms with Gasteiger partial charge >= 0.3 is 5.97 Å². The van der Waals surface area contributed by atoms with Crippen LogP contribution in [0.25, 0.3) is 0 Å². The third kappa shape index (κ3) is 4.47. The van der Waals surface area contributed by atoms with Crippen LogP contribution in [0.3, 0.4) is 0 Å². The van der Waals surface area contributed by atoms with Crippen molar-refractivity contribution in [3.05, 3.63) is 107 Å². The first-order valence-electron chi connectivity index (χ1n) is 13.0. The number of hydrogen-bond donors (Lipinski definition) is 2. The molecule has 7 nitrogen and oxygen atoms in total. The zero-order valence-corrected chi connectivity index (χ0v) is 21.2. The topological polar surface area (TPSA) is 110 Å². The van der Waals surface area contributed by atoms with Crippen LogP contribution >= 0.6 is 0 Å². The van der Waals surface area contributed by atoms with Gasteiger partial charge in [-0.05, 0) is 36.0 Å². The lowest BCUT2D eigenvalue weighted by Gasteiger charge is -2.42. The summed E-state index contributed by atoms with van der Waals surface area (Å²) < 4.78 is 6.03. The number of aliphatic hydroxyl groups excluding tert-OH is 1. The molecule has 7 heteroatoms. The molecule has 2 atom stereocenters. The van der Waals surface area contributed by atoms with Gasteiger partial charge in [0.15, 0.2) is 0 Å². The number of likely N-dealkylation sites (tertiary alicyclic amines) is 1. The van der Waals surface area contributed by atoms with Gasteiger partial charge in [-0.1, -0.05) is 84.9 Å². The fourth-order valence-corrected chi connectivity index (χ4v) is 5.87. The van der Waals surface area contributed by atoms with Crippen LogP contribution in [0.5, 0.6) is 0 Å². The van der Waals surface area contributed by atoms with Crippen molar-refractivity contribution in [3.8, 4) is 0 Å². The fraction of sp³-hybridized carbons (Fsp3) is 0.323. The number of carbonyl (C=O) groups is 3. The van der Waals surface area contributed by atoms with Gasteiger partial charge in [-0.25, -0.2) is 0 Å². The molecule has 2 amide bonds. The molecule has 0 radical (unpaired) electrons. The number of nitrogens with two attached hydrogens (primary N) is 1. The number of primary amides is 1. The number of nitrogens with zero attached hydrogens (tertiary/aromatic N) is 1. The average molecular weight is 513 g/mol. The molecular formula is C31H32N2O5. The number of aryl methyl sites for hydroxylation is 1. The van der Waals surface area contributed by atoms with Gasteiger partial charge < -0.3 is 20.5 Å². The van der Waals surface area contributed by atoms with Crippen LogP contribution in [-0.2, 0) is 43.0 Å². The van der Waals surface area contributed by atoms with Gasteiger partial charge in [-0.15, -0.1) is 0 Å². The highest BCUT2D eigenvalue weighted by Gasteiger charge is 2.57. The van der Waals surface area contributed by atoms with Gasteiger partial charge in [0, 0.05) is 31.5 Å². The summed E-state index contributed by atoms with van der Waals surface area (Å²) in [6, 6.07) is 26.2. The van der Waals surface area contributed by atoms with E-state index in [1.54, 1.807) is 29.2 Å². The van der Waals surface area contributed by atoms with Gasteiger partial charge in [-0.3, -0.25) is 14.4 Å². The molecule has 3 aromatic rings. The van der Waals surface area contributed by atoms with Crippen LogP contribution in [0.15, 0.2) is 84.9 Å². The molecule has 0 aromatic heterocycles. The summed E-state index contributed by atoms with van der Waals surface area (Å²) in [7, 11) is 0. The van der Waals surface area contributed by atoms with E-state index in [2.05, 4.69) is 0 Å². The molecule has 1 saturated heterocycles. The third-order valence-electron chi connectivity index (χ3n) is 8.08. The first kappa shape index (κ1) is 25.7. The van der Waals surface area contributed by atoms with E-state index in [1.807, 2.05) is 60.7 Å². The number of ether oxygens (including phenoxy) is 1. The molecule has 1 aliphatic carbocycles. The van der Waals surface area contributed by atoms with E-state index in [9.17, 15) is 19.5 Å². The van der Waals surface area contributed by atoms with E-state index in [-0.39, 0.29) is 12.3 Å². The predicted octanol–water partition coefficient (Wildman–Crippen LogP) is 3.02. The monoisotopic (exact) mass is 512 g/mol. The first-order valence-corrected chi connectivity index (χ1v) is 13.0. The Hall–Kier alpha value is -3.97. The molecule has 1 fully saturated rings. The Balaban J connectivity index is 1.39. The van der Waals surface area contributed by atoms with Crippen molar-refractivity contribution < 1.29 is 24.2 Å². The highest BCUT2D eigenvalue weighted by atomic mass is 16.6. The summed E-state index contributed by atoms with van der Waals surface area (Å²) >= 11 is 0. The van der Waals surface area contributed by atoms with Crippen LogP contribution in [0.2, 0.25) is 0 Å². The first-order chi connectivity index (χ1) is 18.4. The molecule has 3 N–H and O–H groups in total. The molecular weight excluding hydrogens is 480 g/mol. The van der Waals surface area contributed by atoms with Crippen LogP contribution in [0.4, 0.5) is 0 Å². The molecule has 0 saturated carbocycles. The number of esters is 1. The maximum atomic E-state index is 14.1. The van der Waals surface area contributed by atoms with Crippen molar-refractivity contribution in [1.82, 2.24) is 4.90 Å². The molecule has 2 aliphatic rings. The van der Waals surface area contributed by atoms with Crippen molar-refractivity contribution in [2.24, 2.45) is 5.73 Å². The number of amides is 2. The minimum atomic E-state index is -1.96. The zero-order valence-electron chi connectivity index (χ0n) is 21.2. The Morgan fingerprint density at radius 1 is 0.895 bits per heavy atom. The summed E-state index contributed by atoms with van der Waals surface area (Å²) in [4.78, 5) is 41.7. The van der Waals surface area contributed by atoms with Crippen molar-refractivity contribution in [2.45, 2.75) is 49.2 Å². The number of piperidine rings is 1. The Morgan fingerprint density at radius 2 is 1.50 bits per heavy atom. The summed E-state index contributed by atoms with van der Waals surface area (Å²) in [6.07, 6.45) is 0.586. The molecule has 38 heavy (non-hydrogen) atoms. The second-order valence-corrected chi connectivity index (χ2v) is 10.2. The van der Waals surface area contributed by atoms with Crippen molar-refractivity contribution in [3.63, 3.8) is 0 Å². The second-order valence-electron chi connectivity index (χ2n) is 10.2. The Morgan fingerprint density at radius 3 is 2.16 bits per heavy atom. The van der Waals surface area contributed by atoms with E-state index in [4.69, 9.17) is 10.5 Å². The molecule has 0 bridgehead atoms. The predicted molar refractivity (Wildman–Crippen MR) is 142 cm³/mol. The van der Waals surface area contributed by atoms with Crippen molar-refractivity contribution in [1.29, 1.82) is 0 Å². The van der Waals surface area contributed by atoms with E-state index in [0.29, 0.717) is 44.3 Å². The van der Waals surface area contributed by atoms with Gasteiger partial charge in [-0.2, -0.15) is 0 Å². The van der Waals surface area contributed by atoms with Gasteiger partial charge in [0.1, 0.15) is 6.10 Å². The maximum Gasteiger partial charge on any atom is 0.318 e. The molecule has 0 spiro atoms. The zero-order chi connectivity index (χ0) is 26.8. The summed E-state index contributed by atoms with van der Waals surface area (Å²) in [6.45, 7) is 0.751. The fourth-order valence-electron chi connectivity index (χ4n) is 5.87. The SMILES string of the molecule is NC(=O)C1(OC(=O)C2(c3ccccc3)CCN(C(=O)CCc3ccccc3)CC2)c2ccccc2CC1O. The van der Waals surface area contributed by atoms with Crippen LogP contribution in [0, 0.1) is 0 Å². The van der Waals surface area contributed by atoms with Crippen molar-refractivity contribution >= 4 is 17.8 Å². The maximum absolute atomic E-state index is 14.1. The number of rotatable bonds is 7. The molecule has 2 unspecified atom stereocenters.